The van der Waals surface area contributed by atoms with Crippen LogP contribution < -0.4 is 0 Å². The van der Waals surface area contributed by atoms with Crippen LogP contribution in [-0.4, -0.2) is 41.8 Å². The van der Waals surface area contributed by atoms with E-state index in [1.165, 1.54) is 4.90 Å². The summed E-state index contributed by atoms with van der Waals surface area (Å²) in [5.41, 5.74) is -0.551. The molecule has 0 aromatic heterocycles. The van der Waals surface area contributed by atoms with E-state index in [0.29, 0.717) is 6.54 Å². The van der Waals surface area contributed by atoms with Crippen molar-refractivity contribution in [3.8, 4) is 0 Å². The first kappa shape index (κ1) is 14.8. The summed E-state index contributed by atoms with van der Waals surface area (Å²) in [5, 5.41) is 0. The van der Waals surface area contributed by atoms with E-state index in [0.717, 1.165) is 6.42 Å². The number of rotatable bonds is 2. The molecule has 18 heavy (non-hydrogen) atoms. The van der Waals surface area contributed by atoms with E-state index in [2.05, 4.69) is 0 Å². The van der Waals surface area contributed by atoms with E-state index in [-0.39, 0.29) is 24.5 Å². The van der Waals surface area contributed by atoms with Gasteiger partial charge in [-0.1, -0.05) is 13.8 Å². The van der Waals surface area contributed by atoms with Crippen LogP contribution >= 0.6 is 0 Å². The molecule has 5 nitrogen and oxygen atoms in total. The highest BCUT2D eigenvalue weighted by molar-refractivity contribution is 5.79. The predicted molar refractivity (Wildman–Crippen MR) is 67.1 cm³/mol. The molecule has 0 spiro atoms. The Labute approximate surface area is 108 Å². The fourth-order valence-corrected chi connectivity index (χ4v) is 1.71. The Morgan fingerprint density at radius 2 is 2.17 bits per heavy atom. The number of morpholine rings is 1. The van der Waals surface area contributed by atoms with Gasteiger partial charge in [0.05, 0.1) is 6.54 Å². The molecular weight excluding hydrogens is 234 g/mol. The summed E-state index contributed by atoms with van der Waals surface area (Å²) in [4.78, 5) is 24.8. The second-order valence-corrected chi connectivity index (χ2v) is 5.77. The quantitative estimate of drug-likeness (QED) is 0.712. The summed E-state index contributed by atoms with van der Waals surface area (Å²) in [6.07, 6.45) is 0.219. The Morgan fingerprint density at radius 1 is 1.56 bits per heavy atom. The molecule has 1 amide bonds. The van der Waals surface area contributed by atoms with Crippen molar-refractivity contribution in [1.82, 2.24) is 4.90 Å². The zero-order valence-corrected chi connectivity index (χ0v) is 11.9. The van der Waals surface area contributed by atoms with Gasteiger partial charge in [0.2, 0.25) is 0 Å². The minimum Gasteiger partial charge on any atom is -0.459 e. The van der Waals surface area contributed by atoms with Gasteiger partial charge >= 0.3 is 12.1 Å². The molecule has 0 radical (unpaired) electrons. The van der Waals surface area contributed by atoms with Gasteiger partial charge in [-0.2, -0.15) is 0 Å². The van der Waals surface area contributed by atoms with Crippen molar-refractivity contribution >= 4 is 12.1 Å². The standard InChI is InChI=1S/C13H23NO4/c1-6-9(2)10-7-14(8-11(15)17-10)12(16)18-13(3,4)5/h9-10H,6-8H2,1-5H3/t9-,10+/m0/s1. The van der Waals surface area contributed by atoms with E-state index in [1.807, 2.05) is 13.8 Å². The molecule has 1 aliphatic rings. The Hall–Kier alpha value is -1.26. The Morgan fingerprint density at radius 3 is 2.67 bits per heavy atom. The largest absolute Gasteiger partial charge is 0.459 e. The van der Waals surface area contributed by atoms with Gasteiger partial charge in [0.1, 0.15) is 18.2 Å². The van der Waals surface area contributed by atoms with Crippen molar-refractivity contribution in [2.45, 2.75) is 52.7 Å². The van der Waals surface area contributed by atoms with Gasteiger partial charge < -0.3 is 9.47 Å². The van der Waals surface area contributed by atoms with Gasteiger partial charge in [0.25, 0.3) is 0 Å². The maximum absolute atomic E-state index is 11.9. The van der Waals surface area contributed by atoms with Gasteiger partial charge in [0.15, 0.2) is 0 Å². The number of nitrogens with zero attached hydrogens (tertiary/aromatic N) is 1. The molecule has 0 unspecified atom stereocenters. The summed E-state index contributed by atoms with van der Waals surface area (Å²) in [6.45, 7) is 9.84. The van der Waals surface area contributed by atoms with E-state index in [9.17, 15) is 9.59 Å². The number of carbonyl (C=O) groups is 2. The van der Waals surface area contributed by atoms with Gasteiger partial charge in [0, 0.05) is 0 Å². The van der Waals surface area contributed by atoms with E-state index in [1.54, 1.807) is 20.8 Å². The summed E-state index contributed by atoms with van der Waals surface area (Å²) >= 11 is 0. The fraction of sp³-hybridized carbons (Fsp3) is 0.846. The zero-order chi connectivity index (χ0) is 13.9. The zero-order valence-electron chi connectivity index (χ0n) is 11.9. The van der Waals surface area contributed by atoms with E-state index < -0.39 is 11.7 Å². The number of carbonyl (C=O) groups excluding carboxylic acids is 2. The number of amides is 1. The molecule has 0 N–H and O–H groups in total. The van der Waals surface area contributed by atoms with Crippen LogP contribution in [0.25, 0.3) is 0 Å². The molecule has 0 bridgehead atoms. The van der Waals surface area contributed by atoms with Crippen LogP contribution in [0, 0.1) is 5.92 Å². The molecule has 0 aromatic rings. The fourth-order valence-electron chi connectivity index (χ4n) is 1.71. The van der Waals surface area contributed by atoms with Crippen LogP contribution in [0.1, 0.15) is 41.0 Å². The third kappa shape index (κ3) is 4.20. The molecule has 1 saturated heterocycles. The molecule has 104 valence electrons. The highest BCUT2D eigenvalue weighted by Crippen LogP contribution is 2.19. The van der Waals surface area contributed by atoms with Crippen molar-refractivity contribution in [2.75, 3.05) is 13.1 Å². The van der Waals surface area contributed by atoms with Gasteiger partial charge in [-0.3, -0.25) is 9.69 Å². The van der Waals surface area contributed by atoms with E-state index >= 15 is 0 Å². The Bertz CT molecular complexity index is 321. The normalized spacial score (nSPS) is 22.4. The first-order valence-corrected chi connectivity index (χ1v) is 6.40. The lowest BCUT2D eigenvalue weighted by atomic mass is 10.0. The summed E-state index contributed by atoms with van der Waals surface area (Å²) in [6, 6.07) is 0. The van der Waals surface area contributed by atoms with Crippen molar-refractivity contribution in [1.29, 1.82) is 0 Å². The van der Waals surface area contributed by atoms with Gasteiger partial charge in [-0.05, 0) is 33.1 Å². The molecule has 1 heterocycles. The smallest absolute Gasteiger partial charge is 0.410 e. The first-order chi connectivity index (χ1) is 8.23. The van der Waals surface area contributed by atoms with Gasteiger partial charge in [-0.15, -0.1) is 0 Å². The third-order valence-electron chi connectivity index (χ3n) is 2.93. The number of hydrogen-bond acceptors (Lipinski definition) is 4. The lowest BCUT2D eigenvalue weighted by Gasteiger charge is -2.35. The van der Waals surface area contributed by atoms with Crippen LogP contribution in [0.5, 0.6) is 0 Å². The van der Waals surface area contributed by atoms with Gasteiger partial charge in [-0.25, -0.2) is 4.79 Å². The molecule has 0 aliphatic carbocycles. The lowest BCUT2D eigenvalue weighted by molar-refractivity contribution is -0.161. The molecule has 0 saturated carbocycles. The van der Waals surface area contributed by atoms with Crippen molar-refractivity contribution in [2.24, 2.45) is 5.92 Å². The maximum atomic E-state index is 11.9. The summed E-state index contributed by atoms with van der Waals surface area (Å²) < 4.78 is 10.5. The topological polar surface area (TPSA) is 55.8 Å². The monoisotopic (exact) mass is 257 g/mol. The van der Waals surface area contributed by atoms with Crippen LogP contribution in [0.4, 0.5) is 4.79 Å². The second-order valence-electron chi connectivity index (χ2n) is 5.77. The highest BCUT2D eigenvalue weighted by Gasteiger charge is 2.34. The van der Waals surface area contributed by atoms with Crippen LogP contribution in [-0.2, 0) is 14.3 Å². The number of cyclic esters (lactones) is 1. The Kier molecular flexibility index (Phi) is 4.59. The minimum atomic E-state index is -0.551. The molecule has 1 aliphatic heterocycles. The molecule has 1 fully saturated rings. The average molecular weight is 257 g/mol. The third-order valence-corrected chi connectivity index (χ3v) is 2.93. The van der Waals surface area contributed by atoms with Crippen LogP contribution in [0.3, 0.4) is 0 Å². The molecular formula is C13H23NO4. The summed E-state index contributed by atoms with van der Waals surface area (Å²) in [5.74, 6) is -0.128. The average Bonchev–Trinajstić information content (AvgIpc) is 2.24. The lowest BCUT2D eigenvalue weighted by Crippen LogP contribution is -2.51. The van der Waals surface area contributed by atoms with Crippen molar-refractivity contribution in [3.05, 3.63) is 0 Å². The number of esters is 1. The maximum Gasteiger partial charge on any atom is 0.410 e. The molecule has 2 atom stereocenters. The van der Waals surface area contributed by atoms with Crippen molar-refractivity contribution in [3.63, 3.8) is 0 Å². The van der Waals surface area contributed by atoms with Crippen LogP contribution in [0.2, 0.25) is 0 Å². The number of hydrogen-bond donors (Lipinski definition) is 0. The van der Waals surface area contributed by atoms with E-state index in [4.69, 9.17) is 9.47 Å². The minimum absolute atomic E-state index is 0.0259. The highest BCUT2D eigenvalue weighted by atomic mass is 16.6. The molecule has 5 heteroatoms. The summed E-state index contributed by atoms with van der Waals surface area (Å²) in [7, 11) is 0. The molecule has 0 aromatic carbocycles. The Balaban J connectivity index is 2.66. The first-order valence-electron chi connectivity index (χ1n) is 6.40. The van der Waals surface area contributed by atoms with Crippen LogP contribution in [0.15, 0.2) is 0 Å². The molecule has 1 rings (SSSR count). The number of ether oxygens (including phenoxy) is 2. The second kappa shape index (κ2) is 5.59. The predicted octanol–water partition coefficient (Wildman–Crippen LogP) is 2.20. The van der Waals surface area contributed by atoms with Crippen molar-refractivity contribution < 1.29 is 19.1 Å². The SMILES string of the molecule is CC[C@H](C)[C@H]1CN(C(=O)OC(C)(C)C)CC(=O)O1.